The molecule has 0 saturated carbocycles. The summed E-state index contributed by atoms with van der Waals surface area (Å²) in [6.45, 7) is 0.105. The molecule has 1 rings (SSSR count). The maximum absolute atomic E-state index is 11.2. The number of aliphatic hydroxyl groups excluding tert-OH is 1. The summed E-state index contributed by atoms with van der Waals surface area (Å²) in [5.41, 5.74) is 6.14. The molecule has 1 aromatic carbocycles. The Balaban J connectivity index is 3.03. The molecule has 0 radical (unpaired) electrons. The zero-order valence-electron chi connectivity index (χ0n) is 8.24. The van der Waals surface area contributed by atoms with Crippen LogP contribution in [0.1, 0.15) is 22.0 Å². The number of ether oxygens (including phenoxy) is 1. The Hall–Kier alpha value is -1.10. The first-order valence-electron chi connectivity index (χ1n) is 4.36. The highest BCUT2D eigenvalue weighted by atomic mass is 35.5. The van der Waals surface area contributed by atoms with Crippen molar-refractivity contribution in [3.05, 3.63) is 34.3 Å². The first kappa shape index (κ1) is 12.0. The molecule has 0 fully saturated rings. The number of carbonyl (C=O) groups is 1. The van der Waals surface area contributed by atoms with Gasteiger partial charge in [0.25, 0.3) is 0 Å². The first-order valence-corrected chi connectivity index (χ1v) is 4.73. The predicted molar refractivity (Wildman–Crippen MR) is 56.8 cm³/mol. The Bertz CT molecular complexity index is 368. The zero-order chi connectivity index (χ0) is 11.4. The van der Waals surface area contributed by atoms with Gasteiger partial charge in [0.15, 0.2) is 0 Å². The lowest BCUT2D eigenvalue weighted by molar-refractivity contribution is 0.0600. The van der Waals surface area contributed by atoms with Crippen LogP contribution in [0.25, 0.3) is 0 Å². The van der Waals surface area contributed by atoms with Gasteiger partial charge in [-0.05, 0) is 17.7 Å². The molecule has 0 saturated heterocycles. The van der Waals surface area contributed by atoms with Gasteiger partial charge in [-0.15, -0.1) is 0 Å². The first-order chi connectivity index (χ1) is 7.10. The summed E-state index contributed by atoms with van der Waals surface area (Å²) in [6.07, 6.45) is -0.769. The van der Waals surface area contributed by atoms with E-state index >= 15 is 0 Å². The minimum Gasteiger partial charge on any atom is -0.465 e. The van der Waals surface area contributed by atoms with Gasteiger partial charge in [0.1, 0.15) is 0 Å². The van der Waals surface area contributed by atoms with Gasteiger partial charge >= 0.3 is 5.97 Å². The van der Waals surface area contributed by atoms with E-state index in [2.05, 4.69) is 4.74 Å². The van der Waals surface area contributed by atoms with Crippen LogP contribution in [0, 0.1) is 0 Å². The third-order valence-electron chi connectivity index (χ3n) is 2.01. The number of nitrogens with two attached hydrogens (primary N) is 1. The van der Waals surface area contributed by atoms with Crippen molar-refractivity contribution >= 4 is 17.6 Å². The molecule has 0 amide bonds. The number of benzene rings is 1. The lowest BCUT2D eigenvalue weighted by Crippen LogP contribution is -2.12. The lowest BCUT2D eigenvalue weighted by Gasteiger charge is -2.09. The number of hydrogen-bond donors (Lipinski definition) is 2. The van der Waals surface area contributed by atoms with Gasteiger partial charge in [0.2, 0.25) is 0 Å². The monoisotopic (exact) mass is 229 g/mol. The summed E-state index contributed by atoms with van der Waals surface area (Å²) in [7, 11) is 1.28. The molecule has 0 aliphatic heterocycles. The second-order valence-electron chi connectivity index (χ2n) is 2.98. The molecule has 82 valence electrons. The Kier molecular flexibility index (Phi) is 4.08. The van der Waals surface area contributed by atoms with Gasteiger partial charge in [-0.3, -0.25) is 0 Å². The normalized spacial score (nSPS) is 12.3. The third kappa shape index (κ3) is 2.68. The van der Waals surface area contributed by atoms with Gasteiger partial charge in [-0.1, -0.05) is 17.7 Å². The number of rotatable bonds is 3. The minimum atomic E-state index is -0.769. The second kappa shape index (κ2) is 5.11. The highest BCUT2D eigenvalue weighted by Crippen LogP contribution is 2.22. The lowest BCUT2D eigenvalue weighted by atomic mass is 10.1. The van der Waals surface area contributed by atoms with Gasteiger partial charge in [0, 0.05) is 6.54 Å². The molecule has 0 aromatic heterocycles. The number of methoxy groups -OCH3 is 1. The fraction of sp³-hybridized carbons (Fsp3) is 0.300. The van der Waals surface area contributed by atoms with Crippen molar-refractivity contribution in [1.29, 1.82) is 0 Å². The van der Waals surface area contributed by atoms with Crippen LogP contribution in [0.2, 0.25) is 5.02 Å². The number of halogens is 1. The molecule has 3 N–H and O–H groups in total. The van der Waals surface area contributed by atoms with E-state index in [0.29, 0.717) is 5.56 Å². The summed E-state index contributed by atoms with van der Waals surface area (Å²) in [4.78, 5) is 11.2. The van der Waals surface area contributed by atoms with E-state index in [4.69, 9.17) is 17.3 Å². The van der Waals surface area contributed by atoms with Gasteiger partial charge in [-0.25, -0.2) is 4.79 Å². The van der Waals surface area contributed by atoms with Crippen LogP contribution in [-0.4, -0.2) is 24.7 Å². The Labute approximate surface area is 92.6 Å². The SMILES string of the molecule is COC(=O)c1ccc([C@@H](O)CN)cc1Cl. The smallest absolute Gasteiger partial charge is 0.339 e. The van der Waals surface area contributed by atoms with Crippen LogP contribution in [0.3, 0.4) is 0 Å². The van der Waals surface area contributed by atoms with Crippen LogP contribution in [0.4, 0.5) is 0 Å². The fourth-order valence-electron chi connectivity index (χ4n) is 1.15. The fourth-order valence-corrected chi connectivity index (χ4v) is 1.42. The highest BCUT2D eigenvalue weighted by Gasteiger charge is 2.13. The van der Waals surface area contributed by atoms with E-state index in [-0.39, 0.29) is 17.1 Å². The quantitative estimate of drug-likeness (QED) is 0.762. The van der Waals surface area contributed by atoms with Crippen LogP contribution < -0.4 is 5.73 Å². The molecule has 0 bridgehead atoms. The van der Waals surface area contributed by atoms with Crippen molar-refractivity contribution in [3.8, 4) is 0 Å². The summed E-state index contributed by atoms with van der Waals surface area (Å²) in [6, 6.07) is 4.60. The molecule has 1 aromatic rings. The summed E-state index contributed by atoms with van der Waals surface area (Å²) < 4.78 is 4.53. The molecule has 0 heterocycles. The Morgan fingerprint density at radius 3 is 2.80 bits per heavy atom. The van der Waals surface area contributed by atoms with E-state index in [0.717, 1.165) is 0 Å². The predicted octanol–water partition coefficient (Wildman–Crippen LogP) is 1.12. The van der Waals surface area contributed by atoms with E-state index in [1.54, 1.807) is 6.07 Å². The molecule has 1 atom stereocenters. The van der Waals surface area contributed by atoms with E-state index < -0.39 is 12.1 Å². The Morgan fingerprint density at radius 1 is 1.67 bits per heavy atom. The Morgan fingerprint density at radius 2 is 2.33 bits per heavy atom. The van der Waals surface area contributed by atoms with Crippen LogP contribution in [-0.2, 0) is 4.74 Å². The third-order valence-corrected chi connectivity index (χ3v) is 2.32. The maximum Gasteiger partial charge on any atom is 0.339 e. The minimum absolute atomic E-state index is 0.105. The zero-order valence-corrected chi connectivity index (χ0v) is 8.99. The van der Waals surface area contributed by atoms with Crippen molar-refractivity contribution in [3.63, 3.8) is 0 Å². The van der Waals surface area contributed by atoms with E-state index in [1.165, 1.54) is 19.2 Å². The van der Waals surface area contributed by atoms with E-state index in [9.17, 15) is 9.90 Å². The molecule has 0 aliphatic rings. The number of aliphatic hydroxyl groups is 1. The van der Waals surface area contributed by atoms with E-state index in [1.807, 2.05) is 0 Å². The molecule has 4 nitrogen and oxygen atoms in total. The van der Waals surface area contributed by atoms with Gasteiger partial charge < -0.3 is 15.6 Å². The van der Waals surface area contributed by atoms with Crippen molar-refractivity contribution in [2.45, 2.75) is 6.10 Å². The van der Waals surface area contributed by atoms with Crippen molar-refractivity contribution in [2.24, 2.45) is 5.73 Å². The van der Waals surface area contributed by atoms with Crippen molar-refractivity contribution < 1.29 is 14.6 Å². The molecular formula is C10H12ClNO3. The van der Waals surface area contributed by atoms with Crippen molar-refractivity contribution in [2.75, 3.05) is 13.7 Å². The van der Waals surface area contributed by atoms with Crippen LogP contribution in [0.15, 0.2) is 18.2 Å². The largest absolute Gasteiger partial charge is 0.465 e. The molecule has 0 aliphatic carbocycles. The van der Waals surface area contributed by atoms with Crippen LogP contribution in [0.5, 0.6) is 0 Å². The molecule has 5 heteroatoms. The summed E-state index contributed by atoms with van der Waals surface area (Å²) >= 11 is 5.85. The summed E-state index contributed by atoms with van der Waals surface area (Å²) in [5.74, 6) is -0.506. The number of esters is 1. The standard InChI is InChI=1S/C10H12ClNO3/c1-15-10(14)7-3-2-6(4-8(7)11)9(13)5-12/h2-4,9,13H,5,12H2,1H3/t9-/m0/s1. The topological polar surface area (TPSA) is 72.5 Å². The average molecular weight is 230 g/mol. The van der Waals surface area contributed by atoms with Gasteiger partial charge in [0.05, 0.1) is 23.8 Å². The number of carbonyl (C=O) groups excluding carboxylic acids is 1. The molecule has 0 spiro atoms. The van der Waals surface area contributed by atoms with Crippen LogP contribution >= 0.6 is 11.6 Å². The second-order valence-corrected chi connectivity index (χ2v) is 3.39. The summed E-state index contributed by atoms with van der Waals surface area (Å²) in [5, 5.41) is 9.68. The van der Waals surface area contributed by atoms with Gasteiger partial charge in [-0.2, -0.15) is 0 Å². The average Bonchev–Trinajstić information content (AvgIpc) is 2.26. The molecule has 15 heavy (non-hydrogen) atoms. The highest BCUT2D eigenvalue weighted by molar-refractivity contribution is 6.33. The van der Waals surface area contributed by atoms with Crippen molar-refractivity contribution in [1.82, 2.24) is 0 Å². The maximum atomic E-state index is 11.2. The molecule has 0 unspecified atom stereocenters. The number of hydrogen-bond acceptors (Lipinski definition) is 4. The molecular weight excluding hydrogens is 218 g/mol.